The maximum absolute atomic E-state index is 13.1. The monoisotopic (exact) mass is 432 g/mol. The normalized spacial score (nSPS) is 10.8. The van der Waals surface area contributed by atoms with Gasteiger partial charge in [0.15, 0.2) is 0 Å². The minimum Gasteiger partial charge on any atom is -0.319 e. The first kappa shape index (κ1) is 14.7. The molecule has 7 heteroatoms. The van der Waals surface area contributed by atoms with Crippen LogP contribution < -0.4 is 5.32 Å². The van der Waals surface area contributed by atoms with Gasteiger partial charge in [-0.3, -0.25) is 4.79 Å². The lowest BCUT2D eigenvalue weighted by Crippen LogP contribution is -2.14. The van der Waals surface area contributed by atoms with Crippen molar-refractivity contribution in [2.24, 2.45) is 0 Å². The van der Waals surface area contributed by atoms with Gasteiger partial charge >= 0.3 is 0 Å². The van der Waals surface area contributed by atoms with Gasteiger partial charge in [0.25, 0.3) is 5.91 Å². The van der Waals surface area contributed by atoms with Crippen LogP contribution in [0.3, 0.4) is 0 Å². The van der Waals surface area contributed by atoms with Crippen LogP contribution in [0.2, 0.25) is 5.02 Å². The zero-order chi connectivity index (χ0) is 15.0. The number of rotatable bonds is 2. The molecule has 21 heavy (non-hydrogen) atoms. The molecule has 106 valence electrons. The summed E-state index contributed by atoms with van der Waals surface area (Å²) in [5.74, 6) is -0.725. The van der Waals surface area contributed by atoms with Crippen molar-refractivity contribution in [3.63, 3.8) is 0 Å². The van der Waals surface area contributed by atoms with Gasteiger partial charge in [-0.2, -0.15) is 0 Å². The highest BCUT2D eigenvalue weighted by atomic mass is 127. The molecule has 0 spiro atoms. The molecule has 0 fully saturated rings. The van der Waals surface area contributed by atoms with Crippen LogP contribution in [-0.4, -0.2) is 10.9 Å². The van der Waals surface area contributed by atoms with E-state index in [9.17, 15) is 9.18 Å². The van der Waals surface area contributed by atoms with E-state index in [-0.39, 0.29) is 11.7 Å². The molecule has 3 nitrogen and oxygen atoms in total. The standard InChI is InChI=1S/C14H7ClFIN2OS/c15-9-3-4-11-13(18-6-21-11)12(9)19-14(20)8-2-1-7(16)5-10(8)17/h1-6H,(H,19,20). The number of nitrogens with one attached hydrogen (secondary N) is 1. The Bertz CT molecular complexity index is 852. The summed E-state index contributed by atoms with van der Waals surface area (Å²) in [6.07, 6.45) is 0. The minimum atomic E-state index is -0.379. The van der Waals surface area contributed by atoms with E-state index in [1.165, 1.54) is 29.5 Å². The molecular formula is C14H7ClFIN2OS. The molecular weight excluding hydrogens is 426 g/mol. The van der Waals surface area contributed by atoms with Crippen molar-refractivity contribution < 1.29 is 9.18 Å². The zero-order valence-electron chi connectivity index (χ0n) is 10.4. The molecule has 0 atom stereocenters. The second-order valence-corrected chi connectivity index (χ2v) is 6.66. The maximum atomic E-state index is 13.1. The first-order valence-electron chi connectivity index (χ1n) is 5.84. The Balaban J connectivity index is 2.00. The lowest BCUT2D eigenvalue weighted by Gasteiger charge is -2.09. The number of benzene rings is 2. The van der Waals surface area contributed by atoms with Crippen molar-refractivity contribution in [2.75, 3.05) is 5.32 Å². The summed E-state index contributed by atoms with van der Waals surface area (Å²) in [6, 6.07) is 7.57. The molecule has 0 bridgehead atoms. The number of aromatic nitrogens is 1. The molecule has 0 unspecified atom stereocenters. The van der Waals surface area contributed by atoms with Crippen molar-refractivity contribution in [3.8, 4) is 0 Å². The molecule has 0 aliphatic rings. The Hall–Kier alpha value is -1.25. The molecule has 0 radical (unpaired) electrons. The molecule has 0 aliphatic carbocycles. The van der Waals surface area contributed by atoms with Crippen LogP contribution in [0.4, 0.5) is 10.1 Å². The molecule has 1 aromatic heterocycles. The first-order valence-corrected chi connectivity index (χ1v) is 8.18. The summed E-state index contributed by atoms with van der Waals surface area (Å²) in [6.45, 7) is 0. The molecule has 0 aliphatic heterocycles. The van der Waals surface area contributed by atoms with E-state index >= 15 is 0 Å². The zero-order valence-corrected chi connectivity index (χ0v) is 14.1. The molecule has 1 heterocycles. The Kier molecular flexibility index (Phi) is 4.10. The highest BCUT2D eigenvalue weighted by Crippen LogP contribution is 2.32. The second-order valence-electron chi connectivity index (χ2n) is 4.20. The fourth-order valence-electron chi connectivity index (χ4n) is 1.88. The first-order chi connectivity index (χ1) is 10.1. The molecule has 0 saturated heterocycles. The van der Waals surface area contributed by atoms with Crippen LogP contribution in [0.15, 0.2) is 35.8 Å². The number of anilines is 1. The molecule has 0 saturated carbocycles. The number of nitrogens with zero attached hydrogens (tertiary/aromatic N) is 1. The predicted molar refractivity (Wildman–Crippen MR) is 91.7 cm³/mol. The number of carbonyl (C=O) groups excluding carboxylic acids is 1. The summed E-state index contributed by atoms with van der Waals surface area (Å²) in [7, 11) is 0. The number of halogens is 3. The van der Waals surface area contributed by atoms with Crippen LogP contribution in [-0.2, 0) is 0 Å². The van der Waals surface area contributed by atoms with Crippen LogP contribution in [0.1, 0.15) is 10.4 Å². The topological polar surface area (TPSA) is 42.0 Å². The smallest absolute Gasteiger partial charge is 0.256 e. The number of carbonyl (C=O) groups is 1. The van der Waals surface area contributed by atoms with E-state index in [2.05, 4.69) is 10.3 Å². The summed E-state index contributed by atoms with van der Waals surface area (Å²) in [5, 5.41) is 3.18. The molecule has 1 N–H and O–H groups in total. The third-order valence-corrected chi connectivity index (χ3v) is 4.87. The van der Waals surface area contributed by atoms with Crippen LogP contribution >= 0.6 is 45.5 Å². The molecule has 2 aromatic carbocycles. The summed E-state index contributed by atoms with van der Waals surface area (Å²) >= 11 is 9.53. The Labute approximate surface area is 142 Å². The van der Waals surface area contributed by atoms with Gasteiger partial charge in [0.1, 0.15) is 11.3 Å². The highest BCUT2D eigenvalue weighted by molar-refractivity contribution is 14.1. The fraction of sp³-hybridized carbons (Fsp3) is 0. The number of hydrogen-bond donors (Lipinski definition) is 1. The molecule has 3 rings (SSSR count). The lowest BCUT2D eigenvalue weighted by atomic mass is 10.2. The van der Waals surface area contributed by atoms with E-state index in [0.29, 0.717) is 25.4 Å². The number of amides is 1. The third-order valence-electron chi connectivity index (χ3n) is 2.87. The van der Waals surface area contributed by atoms with Gasteiger partial charge in [-0.05, 0) is 52.9 Å². The van der Waals surface area contributed by atoms with Gasteiger partial charge in [0.05, 0.1) is 26.5 Å². The van der Waals surface area contributed by atoms with Crippen LogP contribution in [0, 0.1) is 9.39 Å². The average molecular weight is 433 g/mol. The van der Waals surface area contributed by atoms with E-state index in [0.717, 1.165) is 4.70 Å². The summed E-state index contributed by atoms with van der Waals surface area (Å²) in [4.78, 5) is 16.6. The van der Waals surface area contributed by atoms with Gasteiger partial charge in [-0.1, -0.05) is 11.6 Å². The fourth-order valence-corrected chi connectivity index (χ4v) is 3.49. The largest absolute Gasteiger partial charge is 0.319 e. The van der Waals surface area contributed by atoms with Crippen molar-refractivity contribution in [2.45, 2.75) is 0 Å². The van der Waals surface area contributed by atoms with Crippen LogP contribution in [0.5, 0.6) is 0 Å². The quantitative estimate of drug-likeness (QED) is 0.583. The lowest BCUT2D eigenvalue weighted by molar-refractivity contribution is 0.102. The van der Waals surface area contributed by atoms with Gasteiger partial charge < -0.3 is 5.32 Å². The van der Waals surface area contributed by atoms with Crippen LogP contribution in [0.25, 0.3) is 10.2 Å². The number of hydrogen-bond acceptors (Lipinski definition) is 3. The molecule has 3 aromatic rings. The van der Waals surface area contributed by atoms with E-state index in [1.807, 2.05) is 28.7 Å². The van der Waals surface area contributed by atoms with Gasteiger partial charge in [-0.15, -0.1) is 11.3 Å². The average Bonchev–Trinajstić information content (AvgIpc) is 2.90. The van der Waals surface area contributed by atoms with Crippen molar-refractivity contribution in [3.05, 3.63) is 55.8 Å². The van der Waals surface area contributed by atoms with E-state index < -0.39 is 0 Å². The molecule has 1 amide bonds. The van der Waals surface area contributed by atoms with E-state index in [1.54, 1.807) is 11.6 Å². The van der Waals surface area contributed by atoms with Crippen molar-refractivity contribution in [1.29, 1.82) is 0 Å². The van der Waals surface area contributed by atoms with Gasteiger partial charge in [0, 0.05) is 3.57 Å². The van der Waals surface area contributed by atoms with E-state index in [4.69, 9.17) is 11.6 Å². The minimum absolute atomic E-state index is 0.346. The summed E-state index contributed by atoms with van der Waals surface area (Å²) < 4.78 is 14.6. The second kappa shape index (κ2) is 5.86. The number of fused-ring (bicyclic) bond motifs is 1. The Morgan fingerprint density at radius 3 is 2.90 bits per heavy atom. The number of thiazole rings is 1. The SMILES string of the molecule is O=C(Nc1c(Cl)ccc2scnc12)c1ccc(F)cc1I. The predicted octanol–water partition coefficient (Wildman–Crippen LogP) is 4.95. The van der Waals surface area contributed by atoms with Crippen molar-refractivity contribution >= 4 is 67.3 Å². The summed E-state index contributed by atoms with van der Waals surface area (Å²) in [5.41, 5.74) is 3.21. The third kappa shape index (κ3) is 2.88. The Morgan fingerprint density at radius 2 is 2.14 bits per heavy atom. The van der Waals surface area contributed by atoms with Gasteiger partial charge in [-0.25, -0.2) is 9.37 Å². The Morgan fingerprint density at radius 1 is 1.33 bits per heavy atom. The maximum Gasteiger partial charge on any atom is 0.256 e. The van der Waals surface area contributed by atoms with Crippen molar-refractivity contribution in [1.82, 2.24) is 4.98 Å². The van der Waals surface area contributed by atoms with Gasteiger partial charge in [0.2, 0.25) is 0 Å². The highest BCUT2D eigenvalue weighted by Gasteiger charge is 2.15.